The minimum Gasteiger partial charge on any atom is -0.506 e. The van der Waals surface area contributed by atoms with Gasteiger partial charge in [-0.2, -0.15) is 0 Å². The third kappa shape index (κ3) is 5.78. The van der Waals surface area contributed by atoms with Crippen molar-refractivity contribution in [3.05, 3.63) is 116 Å². The molecule has 0 spiro atoms. The normalized spacial score (nSPS) is 16.8. The number of nitrogens with zero attached hydrogens (tertiary/aromatic N) is 4. The van der Waals surface area contributed by atoms with Gasteiger partial charge in [0.15, 0.2) is 23.3 Å². The van der Waals surface area contributed by atoms with E-state index < -0.39 is 35.4 Å². The Kier molecular flexibility index (Phi) is 8.63. The summed E-state index contributed by atoms with van der Waals surface area (Å²) < 4.78 is 65.3. The van der Waals surface area contributed by atoms with E-state index in [2.05, 4.69) is 16.0 Å². The topological polar surface area (TPSA) is 70.8 Å². The van der Waals surface area contributed by atoms with E-state index in [1.165, 1.54) is 6.20 Å². The molecule has 256 valence electrons. The van der Waals surface area contributed by atoms with Crippen LogP contribution in [-0.4, -0.2) is 27.0 Å². The Hall–Kier alpha value is -4.30. The summed E-state index contributed by atoms with van der Waals surface area (Å²) in [6.07, 6.45) is 1.39. The van der Waals surface area contributed by atoms with Gasteiger partial charge in [0.2, 0.25) is 5.88 Å². The van der Waals surface area contributed by atoms with Crippen LogP contribution in [0.5, 0.6) is 17.4 Å². The molecule has 0 radical (unpaired) electrons. The summed E-state index contributed by atoms with van der Waals surface area (Å²) in [6, 6.07) is 12.8. The summed E-state index contributed by atoms with van der Waals surface area (Å²) in [7, 11) is 0. The van der Waals surface area contributed by atoms with Crippen molar-refractivity contribution < 1.29 is 48.5 Å². The number of hydrogen-bond donors (Lipinski definition) is 1. The van der Waals surface area contributed by atoms with Crippen LogP contribution in [0.2, 0.25) is 0 Å². The van der Waals surface area contributed by atoms with Gasteiger partial charge in [0, 0.05) is 43.6 Å². The maximum atomic E-state index is 15.3. The zero-order chi connectivity index (χ0) is 34.4. The van der Waals surface area contributed by atoms with Gasteiger partial charge in [-0.15, -0.1) is 17.2 Å². The van der Waals surface area contributed by atoms with E-state index in [1.54, 1.807) is 12.1 Å². The largest absolute Gasteiger partial charge is 0.506 e. The number of hydrogen-bond acceptors (Lipinski definition) is 6. The van der Waals surface area contributed by atoms with Crippen LogP contribution in [-0.2, 0) is 32.9 Å². The molecule has 5 aromatic rings. The number of halogens is 4. The van der Waals surface area contributed by atoms with Gasteiger partial charge in [-0.3, -0.25) is 0 Å². The Balaban J connectivity index is 0.00000417. The molecule has 7 rings (SSSR count). The zero-order valence-electron chi connectivity index (χ0n) is 27.9. The molecule has 0 fully saturated rings. The van der Waals surface area contributed by atoms with E-state index in [-0.39, 0.29) is 66.9 Å². The van der Waals surface area contributed by atoms with Crippen molar-refractivity contribution in [1.29, 1.82) is 0 Å². The molecule has 0 unspecified atom stereocenters. The average Bonchev–Trinajstić information content (AvgIpc) is 3.55. The Bertz CT molecular complexity index is 2190. The number of fused-ring (bicyclic) bond motifs is 4. The molecule has 1 aromatic heterocycles. The molecule has 0 bridgehead atoms. The second kappa shape index (κ2) is 12.2. The van der Waals surface area contributed by atoms with Gasteiger partial charge in [-0.1, -0.05) is 57.5 Å². The molecule has 0 saturated heterocycles. The van der Waals surface area contributed by atoms with Gasteiger partial charge in [-0.05, 0) is 61.4 Å². The van der Waals surface area contributed by atoms with E-state index in [9.17, 15) is 13.9 Å². The molecule has 6 nitrogen and oxygen atoms in total. The summed E-state index contributed by atoms with van der Waals surface area (Å²) in [6.45, 7) is 13.8. The first-order valence-corrected chi connectivity index (χ1v) is 15.6. The van der Waals surface area contributed by atoms with Gasteiger partial charge in [-0.25, -0.2) is 27.5 Å². The predicted octanol–water partition coefficient (Wildman–Crippen LogP) is 8.95. The van der Waals surface area contributed by atoms with Crippen molar-refractivity contribution in [2.45, 2.75) is 72.4 Å². The number of aryl methyl sites for hydroxylation is 4. The van der Waals surface area contributed by atoms with Gasteiger partial charge in [0.05, 0.1) is 29.6 Å². The molecule has 1 aliphatic heterocycles. The first-order valence-electron chi connectivity index (χ1n) is 15.6. The van der Waals surface area contributed by atoms with Crippen molar-refractivity contribution >= 4 is 22.6 Å². The van der Waals surface area contributed by atoms with E-state index >= 15 is 8.78 Å². The minimum absolute atomic E-state index is 0. The Morgan fingerprint density at radius 2 is 1.53 bits per heavy atom. The van der Waals surface area contributed by atoms with E-state index in [0.717, 1.165) is 33.5 Å². The maximum absolute atomic E-state index is 15.3. The Morgan fingerprint density at radius 1 is 0.878 bits per heavy atom. The minimum atomic E-state index is -1.85. The summed E-state index contributed by atoms with van der Waals surface area (Å²) in [5.74, 6) is -5.68. The van der Waals surface area contributed by atoms with Crippen LogP contribution in [0, 0.1) is 57.0 Å². The summed E-state index contributed by atoms with van der Waals surface area (Å²) in [5.41, 5.74) is 5.94. The van der Waals surface area contributed by atoms with Crippen LogP contribution in [0.15, 0.2) is 47.6 Å². The molecular weight excluding hydrogens is 816 g/mol. The second-order valence-electron chi connectivity index (χ2n) is 13.8. The molecule has 11 heteroatoms. The Labute approximate surface area is 296 Å². The zero-order valence-corrected chi connectivity index (χ0v) is 30.1. The second-order valence-corrected chi connectivity index (χ2v) is 13.8. The number of ether oxygens (including phenoxy) is 1. The fourth-order valence-corrected chi connectivity index (χ4v) is 7.00. The standard InChI is InChI=1S/C38H33F4N4O2.Pt/c1-17-8-19(3)36(20(4)9-17)46-26-15-24-29(31(40)33(42)32(41)30(24)39)35(26)45-37(46)21-10-18(2)11-23(12-21)48-28-16-43-25-13-22(38(5,6)7)14-27(47)34(25)44-28;/h8-11,13-14,16,26,35,47H,15H2,1-7H3;/q-1;/t26-,35-;/m1./s1. The predicted molar refractivity (Wildman–Crippen MR) is 176 cm³/mol. The number of phenols is 1. The van der Waals surface area contributed by atoms with Crippen molar-refractivity contribution in [1.82, 2.24) is 9.97 Å². The van der Waals surface area contributed by atoms with Crippen LogP contribution in [0.25, 0.3) is 11.0 Å². The number of aliphatic imine (C=N–C) groups is 1. The molecule has 2 heterocycles. The molecule has 0 saturated carbocycles. The van der Waals surface area contributed by atoms with Crippen LogP contribution < -0.4 is 9.64 Å². The molecular formula is C38H33F4N4O2Pt-. The van der Waals surface area contributed by atoms with Gasteiger partial charge in [0.25, 0.3) is 0 Å². The monoisotopic (exact) mass is 848 g/mol. The van der Waals surface area contributed by atoms with Gasteiger partial charge < -0.3 is 19.7 Å². The summed E-state index contributed by atoms with van der Waals surface area (Å²) in [5, 5.41) is 10.8. The SMILES string of the molecule is Cc1cc(Oc2cnc3cc(C(C)(C)C)cc(O)c3n2)[c-]c(C2=N[C@H]3c4c(F)c(F)c(F)c(F)c4C[C@H]3N2c2c(C)cc(C)cc2C)c1.[Pt]. The molecule has 1 aliphatic carbocycles. The third-order valence-corrected chi connectivity index (χ3v) is 9.09. The fourth-order valence-electron chi connectivity index (χ4n) is 7.00. The van der Waals surface area contributed by atoms with Crippen LogP contribution in [0.4, 0.5) is 23.2 Å². The van der Waals surface area contributed by atoms with Crippen LogP contribution in [0.3, 0.4) is 0 Å². The van der Waals surface area contributed by atoms with Crippen molar-refractivity contribution in [2.75, 3.05) is 4.90 Å². The van der Waals surface area contributed by atoms with Crippen molar-refractivity contribution in [3.8, 4) is 17.4 Å². The number of rotatable bonds is 4. The number of aromatic hydroxyl groups is 1. The number of anilines is 1. The van der Waals surface area contributed by atoms with Crippen molar-refractivity contribution in [2.24, 2.45) is 4.99 Å². The number of phenolic OH excluding ortho intramolecular Hbond substituents is 1. The third-order valence-electron chi connectivity index (χ3n) is 9.09. The van der Waals surface area contributed by atoms with Crippen molar-refractivity contribution in [3.63, 3.8) is 0 Å². The molecule has 49 heavy (non-hydrogen) atoms. The summed E-state index contributed by atoms with van der Waals surface area (Å²) in [4.78, 5) is 15.8. The van der Waals surface area contributed by atoms with Crippen LogP contribution >= 0.6 is 0 Å². The fraction of sp³-hybridized carbons (Fsp3) is 0.289. The first kappa shape index (κ1) is 34.6. The van der Waals surface area contributed by atoms with E-state index in [4.69, 9.17) is 9.73 Å². The molecule has 1 N–H and O–H groups in total. The Morgan fingerprint density at radius 3 is 2.20 bits per heavy atom. The smallest absolute Gasteiger partial charge is 0.236 e. The van der Waals surface area contributed by atoms with Gasteiger partial charge >= 0.3 is 0 Å². The molecule has 2 aliphatic rings. The quantitative estimate of drug-likeness (QED) is 0.0848. The molecule has 2 atom stereocenters. The number of amidine groups is 1. The average molecular weight is 849 g/mol. The van der Waals surface area contributed by atoms with Gasteiger partial charge in [0.1, 0.15) is 11.3 Å². The number of benzene rings is 4. The van der Waals surface area contributed by atoms with E-state index in [1.807, 2.05) is 77.6 Å². The molecule has 0 amide bonds. The van der Waals surface area contributed by atoms with E-state index in [0.29, 0.717) is 16.9 Å². The summed E-state index contributed by atoms with van der Waals surface area (Å²) >= 11 is 0. The van der Waals surface area contributed by atoms with Crippen LogP contribution in [0.1, 0.15) is 71.3 Å². The maximum Gasteiger partial charge on any atom is 0.236 e. The first-order chi connectivity index (χ1) is 22.6. The number of aromatic nitrogens is 2. The molecule has 4 aromatic carbocycles.